The fourth-order valence-electron chi connectivity index (χ4n) is 2.61. The first-order chi connectivity index (χ1) is 12.1. The summed E-state index contributed by atoms with van der Waals surface area (Å²) in [5.41, 5.74) is 1.00. The van der Waals surface area contributed by atoms with Crippen LogP contribution in [0, 0.1) is 12.7 Å². The van der Waals surface area contributed by atoms with E-state index in [9.17, 15) is 9.18 Å². The number of aryl methyl sites for hydroxylation is 1. The van der Waals surface area contributed by atoms with E-state index < -0.39 is 6.17 Å². The maximum absolute atomic E-state index is 13.1. The number of fused-ring (bicyclic) bond motifs is 1. The van der Waals surface area contributed by atoms with Crippen molar-refractivity contribution in [3.05, 3.63) is 76.4 Å². The van der Waals surface area contributed by atoms with E-state index in [2.05, 4.69) is 20.6 Å². The number of aromatic nitrogens is 2. The van der Waals surface area contributed by atoms with E-state index >= 15 is 0 Å². The number of nitrogens with zero attached hydrogens (tertiary/aromatic N) is 3. The summed E-state index contributed by atoms with van der Waals surface area (Å²) in [5, 5.41) is 6.04. The summed E-state index contributed by atoms with van der Waals surface area (Å²) in [6, 6.07) is 10.8. The third-order valence-corrected chi connectivity index (χ3v) is 3.71. The van der Waals surface area contributed by atoms with Crippen LogP contribution in [0.3, 0.4) is 0 Å². The highest BCUT2D eigenvalue weighted by molar-refractivity contribution is 6.03. The highest BCUT2D eigenvalue weighted by Gasteiger charge is 2.26. The molecule has 3 heterocycles. The van der Waals surface area contributed by atoms with Crippen LogP contribution in [0.15, 0.2) is 62.9 Å². The van der Waals surface area contributed by atoms with Crippen molar-refractivity contribution in [2.45, 2.75) is 13.1 Å². The Balaban J connectivity index is 1.76. The highest BCUT2D eigenvalue weighted by Crippen LogP contribution is 2.26. The van der Waals surface area contributed by atoms with Gasteiger partial charge in [0.25, 0.3) is 5.56 Å². The predicted octanol–water partition coefficient (Wildman–Crippen LogP) is 2.72. The molecule has 126 valence electrons. The van der Waals surface area contributed by atoms with Gasteiger partial charge in [0.1, 0.15) is 11.6 Å². The normalized spacial score (nSPS) is 15.9. The molecule has 2 N–H and O–H groups in total. The lowest BCUT2D eigenvalue weighted by Crippen LogP contribution is -2.37. The van der Waals surface area contributed by atoms with Crippen LogP contribution in [-0.4, -0.2) is 15.5 Å². The second kappa shape index (κ2) is 5.90. The number of guanidine groups is 1. The van der Waals surface area contributed by atoms with Crippen molar-refractivity contribution >= 4 is 17.6 Å². The van der Waals surface area contributed by atoms with Crippen LogP contribution in [-0.2, 0) is 0 Å². The third kappa shape index (κ3) is 2.89. The number of nitrogens with one attached hydrogen (secondary N) is 2. The minimum atomic E-state index is -0.685. The van der Waals surface area contributed by atoms with Gasteiger partial charge in [-0.15, -0.1) is 0 Å². The molecule has 0 fully saturated rings. The maximum Gasteiger partial charge on any atom is 0.257 e. The van der Waals surface area contributed by atoms with Crippen LogP contribution in [0.4, 0.5) is 16.0 Å². The summed E-state index contributed by atoms with van der Waals surface area (Å²) < 4.78 is 19.9. The zero-order valence-electron chi connectivity index (χ0n) is 13.2. The fourth-order valence-corrected chi connectivity index (χ4v) is 2.61. The molecule has 0 unspecified atom stereocenters. The lowest BCUT2D eigenvalue weighted by atomic mass is 10.3. The Morgan fingerprint density at radius 1 is 1.28 bits per heavy atom. The van der Waals surface area contributed by atoms with Gasteiger partial charge >= 0.3 is 0 Å². The molecular weight excluding hydrogens is 325 g/mol. The zero-order chi connectivity index (χ0) is 17.4. The summed E-state index contributed by atoms with van der Waals surface area (Å²) in [5.74, 6) is 0.914. The fraction of sp³-hybridized carbons (Fsp3) is 0.118. The molecule has 1 atom stereocenters. The van der Waals surface area contributed by atoms with Gasteiger partial charge in [-0.05, 0) is 43.3 Å². The molecular formula is C17H14FN5O2. The molecule has 1 aliphatic rings. The minimum absolute atomic E-state index is 0.235. The second-order valence-electron chi connectivity index (χ2n) is 5.55. The largest absolute Gasteiger partial charge is 0.465 e. The SMILES string of the molecule is Cc1cc(=O)n2c(n1)NC(Nc1ccc(F)cc1)=N[C@@H]2c1ccco1. The molecule has 0 aliphatic carbocycles. The summed E-state index contributed by atoms with van der Waals surface area (Å²) >= 11 is 0. The Bertz CT molecular complexity index is 993. The van der Waals surface area contributed by atoms with Crippen molar-refractivity contribution in [1.29, 1.82) is 0 Å². The number of hydrogen-bond donors (Lipinski definition) is 2. The molecule has 8 heteroatoms. The quantitative estimate of drug-likeness (QED) is 0.750. The van der Waals surface area contributed by atoms with E-state index in [0.717, 1.165) is 0 Å². The monoisotopic (exact) mass is 339 g/mol. The molecule has 1 aliphatic heterocycles. The number of halogens is 1. The number of hydrogen-bond acceptors (Lipinski definition) is 6. The van der Waals surface area contributed by atoms with Crippen LogP contribution < -0.4 is 16.2 Å². The molecule has 2 aromatic heterocycles. The number of furan rings is 1. The van der Waals surface area contributed by atoms with Crippen LogP contribution in [0.2, 0.25) is 0 Å². The van der Waals surface area contributed by atoms with Gasteiger partial charge in [-0.25, -0.2) is 18.9 Å². The average Bonchev–Trinajstić information content (AvgIpc) is 3.10. The standard InChI is InChI=1S/C17H14FN5O2/c1-10-9-14(24)23-15(13-3-2-8-25-13)21-16(22-17(23)19-10)20-12-6-4-11(18)5-7-12/h2-9,15H,1H3,(H2,19,20,21,22)/t15-/m0/s1. The first-order valence-electron chi connectivity index (χ1n) is 7.61. The summed E-state index contributed by atoms with van der Waals surface area (Å²) in [4.78, 5) is 21.3. The molecule has 0 saturated carbocycles. The van der Waals surface area contributed by atoms with Crippen molar-refractivity contribution in [3.8, 4) is 0 Å². The van der Waals surface area contributed by atoms with Crippen LogP contribution in [0.5, 0.6) is 0 Å². The topological polar surface area (TPSA) is 84.5 Å². The number of aliphatic imine (C=N–C) groups is 1. The van der Waals surface area contributed by atoms with Crippen molar-refractivity contribution in [1.82, 2.24) is 9.55 Å². The Labute approximate surface area is 141 Å². The molecule has 0 saturated heterocycles. The summed E-state index contributed by atoms with van der Waals surface area (Å²) in [7, 11) is 0. The van der Waals surface area contributed by atoms with Crippen LogP contribution >= 0.6 is 0 Å². The van der Waals surface area contributed by atoms with Crippen molar-refractivity contribution in [3.63, 3.8) is 0 Å². The maximum atomic E-state index is 13.1. The smallest absolute Gasteiger partial charge is 0.257 e. The first kappa shape index (κ1) is 15.1. The van der Waals surface area contributed by atoms with E-state index in [1.807, 2.05) is 0 Å². The molecule has 0 amide bonds. The van der Waals surface area contributed by atoms with Crippen molar-refractivity contribution in [2.75, 3.05) is 10.6 Å². The van der Waals surface area contributed by atoms with Gasteiger partial charge in [0.05, 0.1) is 6.26 Å². The van der Waals surface area contributed by atoms with Gasteiger partial charge in [-0.2, -0.15) is 0 Å². The summed E-state index contributed by atoms with van der Waals surface area (Å²) in [6.07, 6.45) is 0.835. The van der Waals surface area contributed by atoms with E-state index in [0.29, 0.717) is 29.0 Å². The molecule has 0 bridgehead atoms. The number of benzene rings is 1. The van der Waals surface area contributed by atoms with E-state index in [-0.39, 0.29) is 11.4 Å². The Kier molecular flexibility index (Phi) is 3.57. The Hall–Kier alpha value is -3.42. The van der Waals surface area contributed by atoms with Crippen LogP contribution in [0.25, 0.3) is 0 Å². The third-order valence-electron chi connectivity index (χ3n) is 3.71. The molecule has 1 aromatic carbocycles. The molecule has 3 aromatic rings. The first-order valence-corrected chi connectivity index (χ1v) is 7.61. The van der Waals surface area contributed by atoms with E-state index in [1.165, 1.54) is 29.0 Å². The molecule has 4 rings (SSSR count). The number of anilines is 2. The zero-order valence-corrected chi connectivity index (χ0v) is 13.2. The van der Waals surface area contributed by atoms with Gasteiger partial charge < -0.3 is 9.73 Å². The lowest BCUT2D eigenvalue weighted by molar-refractivity contribution is 0.427. The second-order valence-corrected chi connectivity index (χ2v) is 5.55. The van der Waals surface area contributed by atoms with Crippen molar-refractivity contribution in [2.24, 2.45) is 4.99 Å². The molecule has 7 nitrogen and oxygen atoms in total. The predicted molar refractivity (Wildman–Crippen MR) is 91.2 cm³/mol. The molecule has 25 heavy (non-hydrogen) atoms. The Morgan fingerprint density at radius 2 is 2.08 bits per heavy atom. The lowest BCUT2D eigenvalue weighted by Gasteiger charge is -2.25. The van der Waals surface area contributed by atoms with Crippen molar-refractivity contribution < 1.29 is 8.81 Å². The van der Waals surface area contributed by atoms with Crippen LogP contribution in [0.1, 0.15) is 17.6 Å². The van der Waals surface area contributed by atoms with E-state index in [1.54, 1.807) is 31.2 Å². The van der Waals surface area contributed by atoms with Gasteiger partial charge in [-0.1, -0.05) is 0 Å². The van der Waals surface area contributed by atoms with Gasteiger partial charge in [0.15, 0.2) is 6.17 Å². The highest BCUT2D eigenvalue weighted by atomic mass is 19.1. The summed E-state index contributed by atoms with van der Waals surface area (Å²) in [6.45, 7) is 1.74. The Morgan fingerprint density at radius 3 is 2.80 bits per heavy atom. The van der Waals surface area contributed by atoms with Gasteiger partial charge in [0, 0.05) is 17.4 Å². The van der Waals surface area contributed by atoms with Gasteiger partial charge in [-0.3, -0.25) is 10.1 Å². The average molecular weight is 339 g/mol. The molecule has 0 radical (unpaired) electrons. The molecule has 0 spiro atoms. The van der Waals surface area contributed by atoms with E-state index in [4.69, 9.17) is 4.42 Å². The minimum Gasteiger partial charge on any atom is -0.465 e. The number of rotatable bonds is 2. The van der Waals surface area contributed by atoms with Gasteiger partial charge in [0.2, 0.25) is 11.9 Å².